The largest absolute Gasteiger partial charge is 0.418 e. The van der Waals surface area contributed by atoms with Crippen LogP contribution in [0.3, 0.4) is 0 Å². The monoisotopic (exact) mass is 180 g/mol. The fourth-order valence-electron chi connectivity index (χ4n) is 0.672. The number of rotatable bonds is 2. The molecule has 0 aliphatic carbocycles. The molecule has 0 spiro atoms. The van der Waals surface area contributed by atoms with E-state index in [1.165, 1.54) is 6.20 Å². The maximum Gasteiger partial charge on any atom is 0.418 e. The van der Waals surface area contributed by atoms with Crippen molar-refractivity contribution in [3.8, 4) is 0 Å². The van der Waals surface area contributed by atoms with E-state index in [9.17, 15) is 8.42 Å². The highest BCUT2D eigenvalue weighted by Gasteiger charge is 2.15. The van der Waals surface area contributed by atoms with Crippen molar-refractivity contribution >= 4 is 10.4 Å². The quantitative estimate of drug-likeness (QED) is 0.572. The third-order valence-electron chi connectivity index (χ3n) is 1.04. The Bertz CT molecular complexity index is 259. The summed E-state index contributed by atoms with van der Waals surface area (Å²) in [6, 6.07) is 0. The summed E-state index contributed by atoms with van der Waals surface area (Å²) in [5.74, 6) is 0. The highest BCUT2D eigenvalue weighted by molar-refractivity contribution is 7.80. The molecule has 1 aliphatic rings. The lowest BCUT2D eigenvalue weighted by Crippen LogP contribution is -2.25. The first-order valence-corrected chi connectivity index (χ1v) is 4.16. The van der Waals surface area contributed by atoms with Crippen molar-refractivity contribution in [2.24, 2.45) is 0 Å². The summed E-state index contributed by atoms with van der Waals surface area (Å²) in [6.07, 6.45) is 3.01. The van der Waals surface area contributed by atoms with Crippen molar-refractivity contribution < 1.29 is 17.3 Å². The maximum absolute atomic E-state index is 10.1. The third kappa shape index (κ3) is 2.74. The van der Waals surface area contributed by atoms with E-state index < -0.39 is 10.4 Å². The van der Waals surface area contributed by atoms with Crippen LogP contribution in [0.2, 0.25) is 0 Å². The van der Waals surface area contributed by atoms with Crippen molar-refractivity contribution in [1.82, 2.24) is 9.96 Å². The molecule has 1 aliphatic heterocycles. The summed E-state index contributed by atoms with van der Waals surface area (Å²) in [6.45, 7) is 0.278. The average Bonchev–Trinajstić information content (AvgIpc) is 2.10. The third-order valence-corrected chi connectivity index (χ3v) is 1.42. The van der Waals surface area contributed by atoms with Crippen LogP contribution in [-0.4, -0.2) is 36.7 Å². The first kappa shape index (κ1) is 8.31. The molecule has 0 amide bonds. The summed E-state index contributed by atoms with van der Waals surface area (Å²) in [7, 11) is -2.64. The van der Waals surface area contributed by atoms with Crippen LogP contribution in [-0.2, 0) is 14.7 Å². The molecule has 0 saturated heterocycles. The number of hydroxylamine groups is 2. The number of hydrogen-bond acceptors (Lipinski definition) is 5. The van der Waals surface area contributed by atoms with Crippen LogP contribution in [0.5, 0.6) is 0 Å². The Hall–Kier alpha value is -0.790. The van der Waals surface area contributed by atoms with Gasteiger partial charge in [0.2, 0.25) is 0 Å². The lowest BCUT2D eigenvalue weighted by Gasteiger charge is -2.14. The summed E-state index contributed by atoms with van der Waals surface area (Å²) >= 11 is 0. The Balaban J connectivity index is 2.48. The topological polar surface area (TPSA) is 70.1 Å². The maximum atomic E-state index is 10.1. The predicted molar refractivity (Wildman–Crippen MR) is 36.2 cm³/mol. The van der Waals surface area contributed by atoms with E-state index >= 15 is 0 Å². The van der Waals surface area contributed by atoms with Crippen LogP contribution in [0, 0.1) is 0 Å². The van der Waals surface area contributed by atoms with Crippen molar-refractivity contribution in [2.45, 2.75) is 0 Å². The van der Waals surface area contributed by atoms with Crippen LogP contribution in [0.15, 0.2) is 12.4 Å². The molecule has 11 heavy (non-hydrogen) atoms. The Morgan fingerprint density at radius 2 is 2.18 bits per heavy atom. The van der Waals surface area contributed by atoms with Crippen LogP contribution in [0.4, 0.5) is 0 Å². The van der Waals surface area contributed by atoms with Crippen molar-refractivity contribution in [3.63, 3.8) is 0 Å². The SMILES string of the molecule is CN1C=CN(OS(=O)(=O)O)C1. The lowest BCUT2D eigenvalue weighted by molar-refractivity contribution is -0.0230. The molecule has 0 fully saturated rings. The summed E-state index contributed by atoms with van der Waals surface area (Å²) < 4.78 is 32.6. The van der Waals surface area contributed by atoms with Gasteiger partial charge in [0.15, 0.2) is 0 Å². The van der Waals surface area contributed by atoms with E-state index in [1.807, 2.05) is 0 Å². The lowest BCUT2D eigenvalue weighted by atomic mass is 10.9. The van der Waals surface area contributed by atoms with Crippen LogP contribution >= 0.6 is 0 Å². The van der Waals surface area contributed by atoms with Gasteiger partial charge >= 0.3 is 10.4 Å². The summed E-state index contributed by atoms with van der Waals surface area (Å²) in [5, 5.41) is 0.995. The van der Waals surface area contributed by atoms with Crippen molar-refractivity contribution in [1.29, 1.82) is 0 Å². The van der Waals surface area contributed by atoms with E-state index in [2.05, 4.69) is 4.28 Å². The second kappa shape index (κ2) is 2.68. The van der Waals surface area contributed by atoms with E-state index in [0.717, 1.165) is 5.06 Å². The van der Waals surface area contributed by atoms with Gasteiger partial charge in [-0.05, 0) is 0 Å². The molecule has 6 nitrogen and oxygen atoms in total. The molecule has 0 unspecified atom stereocenters. The van der Waals surface area contributed by atoms with Crippen LogP contribution < -0.4 is 0 Å². The number of hydrogen-bond donors (Lipinski definition) is 1. The standard InChI is InChI=1S/C4H8N2O4S/c1-5-2-3-6(4-5)10-11(7,8)9/h2-3H,4H2,1H3,(H,7,8,9). The van der Waals surface area contributed by atoms with E-state index in [4.69, 9.17) is 4.55 Å². The van der Waals surface area contributed by atoms with E-state index in [1.54, 1.807) is 18.1 Å². The van der Waals surface area contributed by atoms with Crippen molar-refractivity contribution in [3.05, 3.63) is 12.4 Å². The van der Waals surface area contributed by atoms with Gasteiger partial charge < -0.3 is 4.90 Å². The molecule has 1 rings (SSSR count). The van der Waals surface area contributed by atoms with Gasteiger partial charge in [-0.1, -0.05) is 0 Å². The van der Waals surface area contributed by atoms with E-state index in [0.29, 0.717) is 0 Å². The zero-order chi connectivity index (χ0) is 8.48. The smallest absolute Gasteiger partial charge is 0.360 e. The fraction of sp³-hybridized carbons (Fsp3) is 0.500. The molecule has 1 heterocycles. The summed E-state index contributed by atoms with van der Waals surface area (Å²) in [4.78, 5) is 1.69. The molecule has 0 saturated carbocycles. The van der Waals surface area contributed by atoms with Gasteiger partial charge in [-0.3, -0.25) is 4.55 Å². The zero-order valence-corrected chi connectivity index (χ0v) is 6.65. The van der Waals surface area contributed by atoms with Gasteiger partial charge in [0.1, 0.15) is 6.67 Å². The first-order valence-electron chi connectivity index (χ1n) is 2.79. The predicted octanol–water partition coefficient (Wildman–Crippen LogP) is -0.603. The Morgan fingerprint density at radius 3 is 2.55 bits per heavy atom. The Morgan fingerprint density at radius 1 is 1.55 bits per heavy atom. The Kier molecular flexibility index (Phi) is 2.03. The van der Waals surface area contributed by atoms with Gasteiger partial charge in [-0.2, -0.15) is 8.42 Å². The minimum absolute atomic E-state index is 0.278. The molecule has 0 aromatic carbocycles. The second-order valence-corrected chi connectivity index (χ2v) is 3.12. The van der Waals surface area contributed by atoms with Gasteiger partial charge in [0.25, 0.3) is 0 Å². The minimum Gasteiger partial charge on any atom is -0.360 e. The highest BCUT2D eigenvalue weighted by atomic mass is 32.3. The molecule has 0 aromatic heterocycles. The second-order valence-electron chi connectivity index (χ2n) is 2.12. The van der Waals surface area contributed by atoms with Gasteiger partial charge in [-0.25, -0.2) is 5.06 Å². The Labute approximate surface area is 64.6 Å². The molecule has 7 heteroatoms. The fourth-order valence-corrected chi connectivity index (χ4v) is 1.01. The molecule has 0 atom stereocenters. The summed E-state index contributed by atoms with van der Waals surface area (Å²) in [5.41, 5.74) is 0. The highest BCUT2D eigenvalue weighted by Crippen LogP contribution is 2.05. The number of nitrogens with zero attached hydrogens (tertiary/aromatic N) is 2. The molecule has 0 radical (unpaired) electrons. The van der Waals surface area contributed by atoms with Crippen LogP contribution in [0.1, 0.15) is 0 Å². The van der Waals surface area contributed by atoms with Crippen LogP contribution in [0.25, 0.3) is 0 Å². The molecule has 64 valence electrons. The first-order chi connectivity index (χ1) is 4.97. The molecular weight excluding hydrogens is 172 g/mol. The van der Waals surface area contributed by atoms with Gasteiger partial charge in [0, 0.05) is 19.4 Å². The van der Waals surface area contributed by atoms with Crippen molar-refractivity contribution in [2.75, 3.05) is 13.7 Å². The van der Waals surface area contributed by atoms with E-state index in [-0.39, 0.29) is 6.67 Å². The molecule has 0 bridgehead atoms. The normalized spacial score (nSPS) is 18.0. The molecular formula is C4H8N2O4S. The zero-order valence-electron chi connectivity index (χ0n) is 5.84. The molecule has 0 aromatic rings. The van der Waals surface area contributed by atoms with Gasteiger partial charge in [0.05, 0.1) is 0 Å². The molecule has 1 N–H and O–H groups in total. The van der Waals surface area contributed by atoms with Gasteiger partial charge in [-0.15, -0.1) is 4.28 Å². The average molecular weight is 180 g/mol. The minimum atomic E-state index is -4.38.